The molecule has 1 atom stereocenters. The highest BCUT2D eigenvalue weighted by Gasteiger charge is 2.30. The highest BCUT2D eigenvalue weighted by atomic mass is 19.1. The lowest BCUT2D eigenvalue weighted by atomic mass is 10.1. The Morgan fingerprint density at radius 1 is 0.896 bits per heavy atom. The van der Waals surface area contributed by atoms with Gasteiger partial charge < -0.3 is 29.7 Å². The van der Waals surface area contributed by atoms with E-state index in [-0.39, 0.29) is 17.8 Å². The SMILES string of the molecule is CC1CN(C(=O)OC(C)(C)C)CCN1Cc1ccc2cc(C(=O)Nc3cc(NC(=O)c4ccc5c(c4)OCCO5)ccc3F)ccc2n1. The highest BCUT2D eigenvalue weighted by Crippen LogP contribution is 2.31. The summed E-state index contributed by atoms with van der Waals surface area (Å²) in [4.78, 5) is 47.4. The van der Waals surface area contributed by atoms with Gasteiger partial charge in [0.2, 0.25) is 0 Å². The van der Waals surface area contributed by atoms with Crippen molar-refractivity contribution in [1.82, 2.24) is 14.8 Å². The van der Waals surface area contributed by atoms with E-state index < -0.39 is 23.2 Å². The molecule has 4 aromatic rings. The minimum atomic E-state index is -0.645. The summed E-state index contributed by atoms with van der Waals surface area (Å²) in [6, 6.07) is 17.9. The van der Waals surface area contributed by atoms with Gasteiger partial charge in [0.25, 0.3) is 11.8 Å². The van der Waals surface area contributed by atoms with Crippen molar-refractivity contribution in [1.29, 1.82) is 0 Å². The van der Waals surface area contributed by atoms with E-state index in [0.717, 1.165) is 16.6 Å². The molecule has 2 aliphatic heterocycles. The second-order valence-electron chi connectivity index (χ2n) is 12.9. The molecule has 0 bridgehead atoms. The topological polar surface area (TPSA) is 122 Å². The Kier molecular flexibility index (Phi) is 9.18. The molecule has 2 N–H and O–H groups in total. The van der Waals surface area contributed by atoms with Crippen LogP contribution in [0.4, 0.5) is 20.6 Å². The lowest BCUT2D eigenvalue weighted by Crippen LogP contribution is -2.54. The fourth-order valence-corrected chi connectivity index (χ4v) is 5.61. The van der Waals surface area contributed by atoms with E-state index in [1.54, 1.807) is 41.3 Å². The van der Waals surface area contributed by atoms with Crippen LogP contribution < -0.4 is 20.1 Å². The molecule has 0 spiro atoms. The number of rotatable bonds is 6. The van der Waals surface area contributed by atoms with Crippen molar-refractivity contribution in [2.45, 2.75) is 45.9 Å². The van der Waals surface area contributed by atoms with Gasteiger partial charge in [0, 0.05) is 54.4 Å². The second kappa shape index (κ2) is 13.5. The Labute approximate surface area is 278 Å². The lowest BCUT2D eigenvalue weighted by Gasteiger charge is -2.40. The molecule has 0 radical (unpaired) electrons. The summed E-state index contributed by atoms with van der Waals surface area (Å²) in [6.45, 7) is 10.9. The Hall–Kier alpha value is -5.23. The summed E-state index contributed by atoms with van der Waals surface area (Å²) in [5.74, 6) is -0.528. The van der Waals surface area contributed by atoms with E-state index >= 15 is 0 Å². The van der Waals surface area contributed by atoms with Gasteiger partial charge in [-0.3, -0.25) is 19.5 Å². The fraction of sp³-hybridized carbons (Fsp3) is 0.333. The van der Waals surface area contributed by atoms with Crippen LogP contribution in [0.3, 0.4) is 0 Å². The molecule has 6 rings (SSSR count). The third-order valence-corrected chi connectivity index (χ3v) is 8.07. The number of pyridine rings is 1. The van der Waals surface area contributed by atoms with Crippen LogP contribution >= 0.6 is 0 Å². The van der Waals surface area contributed by atoms with Gasteiger partial charge in [0.05, 0.1) is 16.9 Å². The Bertz CT molecular complexity index is 1880. The van der Waals surface area contributed by atoms with Crippen molar-refractivity contribution < 1.29 is 33.0 Å². The number of fused-ring (bicyclic) bond motifs is 2. The number of amides is 3. The first kappa shape index (κ1) is 32.7. The highest BCUT2D eigenvalue weighted by molar-refractivity contribution is 6.07. The van der Waals surface area contributed by atoms with Crippen LogP contribution in [-0.2, 0) is 11.3 Å². The van der Waals surface area contributed by atoms with E-state index in [4.69, 9.17) is 19.2 Å². The Balaban J connectivity index is 1.08. The van der Waals surface area contributed by atoms with E-state index in [1.807, 2.05) is 32.9 Å². The summed E-state index contributed by atoms with van der Waals surface area (Å²) < 4.78 is 31.3. The van der Waals surface area contributed by atoms with Crippen LogP contribution in [-0.4, -0.2) is 77.2 Å². The van der Waals surface area contributed by atoms with Crippen LogP contribution in [0.5, 0.6) is 11.5 Å². The van der Waals surface area contributed by atoms with E-state index in [2.05, 4.69) is 22.5 Å². The van der Waals surface area contributed by atoms with E-state index in [9.17, 15) is 18.8 Å². The van der Waals surface area contributed by atoms with Gasteiger partial charge in [0.15, 0.2) is 11.5 Å². The number of nitrogens with zero attached hydrogens (tertiary/aromatic N) is 3. The number of halogens is 1. The van der Waals surface area contributed by atoms with Gasteiger partial charge in [-0.25, -0.2) is 9.18 Å². The summed E-state index contributed by atoms with van der Waals surface area (Å²) >= 11 is 0. The number of anilines is 2. The molecule has 1 fully saturated rings. The van der Waals surface area contributed by atoms with Crippen molar-refractivity contribution in [2.75, 3.05) is 43.5 Å². The normalized spacial score (nSPS) is 16.4. The summed E-state index contributed by atoms with van der Waals surface area (Å²) in [6.07, 6.45) is -0.298. The van der Waals surface area contributed by atoms with Gasteiger partial charge in [-0.05, 0) is 88.4 Å². The second-order valence-corrected chi connectivity index (χ2v) is 12.9. The number of nitrogens with one attached hydrogen (secondary N) is 2. The summed E-state index contributed by atoms with van der Waals surface area (Å²) in [5, 5.41) is 6.11. The molecule has 1 saturated heterocycles. The molecule has 1 aromatic heterocycles. The molecule has 250 valence electrons. The number of piperazine rings is 1. The van der Waals surface area contributed by atoms with Gasteiger partial charge in [-0.1, -0.05) is 6.07 Å². The minimum absolute atomic E-state index is 0.0746. The number of hydrogen-bond acceptors (Lipinski definition) is 8. The predicted molar refractivity (Wildman–Crippen MR) is 179 cm³/mol. The number of hydrogen-bond donors (Lipinski definition) is 2. The molecule has 0 saturated carbocycles. The average molecular weight is 656 g/mol. The van der Waals surface area contributed by atoms with Gasteiger partial charge in [-0.2, -0.15) is 0 Å². The zero-order valence-corrected chi connectivity index (χ0v) is 27.3. The van der Waals surface area contributed by atoms with Crippen molar-refractivity contribution in [2.24, 2.45) is 0 Å². The van der Waals surface area contributed by atoms with Crippen molar-refractivity contribution in [3.63, 3.8) is 0 Å². The van der Waals surface area contributed by atoms with E-state index in [1.165, 1.54) is 18.2 Å². The molecule has 3 aromatic carbocycles. The van der Waals surface area contributed by atoms with Crippen LogP contribution in [0, 0.1) is 5.82 Å². The number of benzene rings is 3. The van der Waals surface area contributed by atoms with Crippen LogP contribution in [0.1, 0.15) is 54.1 Å². The Morgan fingerprint density at radius 3 is 2.40 bits per heavy atom. The minimum Gasteiger partial charge on any atom is -0.486 e. The number of aromatic nitrogens is 1. The zero-order chi connectivity index (χ0) is 34.0. The number of carbonyl (C=O) groups excluding carboxylic acids is 3. The van der Waals surface area contributed by atoms with E-state index in [0.29, 0.717) is 67.7 Å². The van der Waals surface area contributed by atoms with Gasteiger partial charge >= 0.3 is 6.09 Å². The molecule has 0 aliphatic carbocycles. The monoisotopic (exact) mass is 655 g/mol. The number of ether oxygens (including phenoxy) is 3. The number of carbonyl (C=O) groups is 3. The molecule has 3 amide bonds. The standard InChI is InChI=1S/C36H38FN5O6/c1-22-20-42(35(45)48-36(2,3)4)14-13-41(22)21-27-8-5-23-17-24(6-11-29(23)38-27)34(44)40-30-19-26(9-10-28(30)37)39-33(43)25-7-12-31-32(18-25)47-16-15-46-31/h5-12,17-19,22H,13-16,20-21H2,1-4H3,(H,39,43)(H,40,44). The maximum absolute atomic E-state index is 14.7. The molecule has 12 heteroatoms. The molecule has 11 nitrogen and oxygen atoms in total. The predicted octanol–water partition coefficient (Wildman–Crippen LogP) is 6.09. The molecular weight excluding hydrogens is 617 g/mol. The first-order valence-electron chi connectivity index (χ1n) is 15.9. The maximum atomic E-state index is 14.7. The lowest BCUT2D eigenvalue weighted by molar-refractivity contribution is 0.00445. The smallest absolute Gasteiger partial charge is 0.410 e. The third kappa shape index (κ3) is 7.66. The van der Waals surface area contributed by atoms with Crippen LogP contribution in [0.2, 0.25) is 0 Å². The van der Waals surface area contributed by atoms with Gasteiger partial charge in [-0.15, -0.1) is 0 Å². The quantitative estimate of drug-likeness (QED) is 0.256. The first-order valence-corrected chi connectivity index (χ1v) is 15.9. The largest absolute Gasteiger partial charge is 0.486 e. The summed E-state index contributed by atoms with van der Waals surface area (Å²) in [7, 11) is 0. The van der Waals surface area contributed by atoms with Crippen molar-refractivity contribution >= 4 is 40.2 Å². The van der Waals surface area contributed by atoms with Crippen LogP contribution in [0.15, 0.2) is 66.7 Å². The fourth-order valence-electron chi connectivity index (χ4n) is 5.61. The molecule has 48 heavy (non-hydrogen) atoms. The molecule has 3 heterocycles. The average Bonchev–Trinajstić information content (AvgIpc) is 3.05. The maximum Gasteiger partial charge on any atom is 0.410 e. The molecular formula is C36H38FN5O6. The molecule has 1 unspecified atom stereocenters. The zero-order valence-electron chi connectivity index (χ0n) is 27.3. The van der Waals surface area contributed by atoms with Crippen molar-refractivity contribution in [3.05, 3.63) is 89.4 Å². The van der Waals surface area contributed by atoms with Crippen LogP contribution in [0.25, 0.3) is 10.9 Å². The summed E-state index contributed by atoms with van der Waals surface area (Å²) in [5.41, 5.74) is 1.96. The van der Waals surface area contributed by atoms with Crippen molar-refractivity contribution in [3.8, 4) is 11.5 Å². The van der Waals surface area contributed by atoms with Gasteiger partial charge in [0.1, 0.15) is 24.6 Å². The molecule has 2 aliphatic rings. The first-order chi connectivity index (χ1) is 22.9. The third-order valence-electron chi connectivity index (χ3n) is 8.07. The Morgan fingerprint density at radius 2 is 1.62 bits per heavy atom.